The molecule has 9 rings (SSSR count). The van der Waals surface area contributed by atoms with Crippen molar-refractivity contribution in [1.29, 1.82) is 0 Å². The molecule has 1 aliphatic carbocycles. The number of carbonyl (C=O) groups is 1. The summed E-state index contributed by atoms with van der Waals surface area (Å²) in [5, 5.41) is 16.6. The number of pyridine rings is 2. The van der Waals surface area contributed by atoms with Gasteiger partial charge in [-0.3, -0.25) is 9.69 Å². The molecule has 1 N–H and O–H groups in total. The van der Waals surface area contributed by atoms with Crippen LogP contribution >= 0.6 is 0 Å². The number of aliphatic hydroxyl groups is 1. The predicted molar refractivity (Wildman–Crippen MR) is 131 cm³/mol. The van der Waals surface area contributed by atoms with E-state index in [9.17, 15) is 9.90 Å². The average Bonchev–Trinajstić information content (AvgIpc) is 3.77. The first kappa shape index (κ1) is 20.0. The summed E-state index contributed by atoms with van der Waals surface area (Å²) in [5.74, 6) is 0.758. The van der Waals surface area contributed by atoms with E-state index in [1.165, 1.54) is 12.8 Å². The molecule has 1 saturated carbocycles. The van der Waals surface area contributed by atoms with Gasteiger partial charge in [0.15, 0.2) is 0 Å². The maximum Gasteiger partial charge on any atom is 0.256 e. The minimum Gasteiger partial charge on any atom is -0.384 e. The summed E-state index contributed by atoms with van der Waals surface area (Å²) >= 11 is 0. The minimum atomic E-state index is -1.00. The molecule has 8 heteroatoms. The first-order valence-corrected chi connectivity index (χ1v) is 12.6. The molecule has 4 aromatic rings. The summed E-state index contributed by atoms with van der Waals surface area (Å²) in [6, 6.07) is 11.3. The number of rotatable bonds is 5. The van der Waals surface area contributed by atoms with Crippen LogP contribution in [0.4, 0.5) is 0 Å². The molecule has 0 aromatic carbocycles. The van der Waals surface area contributed by atoms with Crippen LogP contribution in [-0.2, 0) is 12.1 Å². The molecular weight excluding hydrogens is 440 g/mol. The van der Waals surface area contributed by atoms with Crippen LogP contribution in [0.1, 0.15) is 48.3 Å². The van der Waals surface area contributed by atoms with Crippen LogP contribution in [0.15, 0.2) is 36.5 Å². The Morgan fingerprint density at radius 2 is 2.00 bits per heavy atom. The fourth-order valence-corrected chi connectivity index (χ4v) is 6.04. The topological polar surface area (TPSA) is 78.7 Å². The standard InChI is InChI=1S/C27H28N6O2/c1-14-18-8-6-17(26(34)31-13-20-23-25(31)33(20)23)12-32(18)29-22(14)19-10-16-7-9-21(27(2,3)35)28-24(16)30(19)11-15-4-5-15/h6-10,12,15,20,23,25,35H,4-5,11,13H2,1-3H3/t20?,23-,25?,33?/m1/s1. The summed E-state index contributed by atoms with van der Waals surface area (Å²) < 4.78 is 4.14. The van der Waals surface area contributed by atoms with E-state index >= 15 is 0 Å². The second-order valence-electron chi connectivity index (χ2n) is 11.3. The molecule has 0 spiro atoms. The summed E-state index contributed by atoms with van der Waals surface area (Å²) in [4.78, 5) is 22.4. The number of hydrogen-bond donors (Lipinski definition) is 1. The number of nitrogens with zero attached hydrogens (tertiary/aromatic N) is 6. The number of piperazine rings is 1. The lowest BCUT2D eigenvalue weighted by molar-refractivity contribution is 0.0740. The largest absolute Gasteiger partial charge is 0.384 e. The second kappa shape index (κ2) is 6.30. The van der Waals surface area contributed by atoms with Crippen molar-refractivity contribution < 1.29 is 9.90 Å². The van der Waals surface area contributed by atoms with Crippen molar-refractivity contribution in [2.24, 2.45) is 5.92 Å². The number of hydrogen-bond acceptors (Lipinski definition) is 5. The first-order valence-electron chi connectivity index (χ1n) is 12.6. The highest BCUT2D eigenvalue weighted by Crippen LogP contribution is 2.59. The minimum absolute atomic E-state index is 0.102. The van der Waals surface area contributed by atoms with E-state index in [4.69, 9.17) is 10.1 Å². The Kier molecular flexibility index (Phi) is 3.60. The van der Waals surface area contributed by atoms with Crippen molar-refractivity contribution in [1.82, 2.24) is 29.0 Å². The van der Waals surface area contributed by atoms with Crippen LogP contribution in [0, 0.1) is 12.8 Å². The molecule has 5 aliphatic rings. The van der Waals surface area contributed by atoms with E-state index in [-0.39, 0.29) is 5.91 Å². The number of carbonyl (C=O) groups excluding carboxylic acids is 1. The van der Waals surface area contributed by atoms with Crippen molar-refractivity contribution in [2.75, 3.05) is 6.54 Å². The number of amides is 1. The molecule has 4 saturated heterocycles. The van der Waals surface area contributed by atoms with Gasteiger partial charge in [-0.1, -0.05) is 0 Å². The Labute approximate surface area is 202 Å². The number of aryl methyl sites for hydroxylation is 1. The molecule has 4 aliphatic heterocycles. The summed E-state index contributed by atoms with van der Waals surface area (Å²) in [5.41, 5.74) is 5.30. The highest BCUT2D eigenvalue weighted by Gasteiger charge is 2.80. The lowest BCUT2D eigenvalue weighted by Crippen LogP contribution is -2.30. The maximum absolute atomic E-state index is 13.1. The third-order valence-corrected chi connectivity index (χ3v) is 8.39. The van der Waals surface area contributed by atoms with Crippen molar-refractivity contribution in [2.45, 2.75) is 64.0 Å². The van der Waals surface area contributed by atoms with Crippen molar-refractivity contribution in [3.05, 3.63) is 53.3 Å². The van der Waals surface area contributed by atoms with Crippen LogP contribution in [-0.4, -0.2) is 64.8 Å². The Morgan fingerprint density at radius 1 is 1.20 bits per heavy atom. The Hall–Kier alpha value is -3.23. The lowest BCUT2D eigenvalue weighted by atomic mass is 10.0. The zero-order chi connectivity index (χ0) is 23.8. The van der Waals surface area contributed by atoms with E-state index < -0.39 is 5.60 Å². The fourth-order valence-electron chi connectivity index (χ4n) is 6.04. The third-order valence-electron chi connectivity index (χ3n) is 8.39. The monoisotopic (exact) mass is 468 g/mol. The quantitative estimate of drug-likeness (QED) is 0.456. The molecule has 8 nitrogen and oxygen atoms in total. The van der Waals surface area contributed by atoms with Gasteiger partial charge >= 0.3 is 0 Å². The highest BCUT2D eigenvalue weighted by atomic mass is 16.3. The van der Waals surface area contributed by atoms with Crippen molar-refractivity contribution in [3.63, 3.8) is 0 Å². The Bertz CT molecular complexity index is 1560. The normalized spacial score (nSPS) is 26.6. The van der Waals surface area contributed by atoms with Crippen LogP contribution in [0.5, 0.6) is 0 Å². The van der Waals surface area contributed by atoms with Gasteiger partial charge in [0.1, 0.15) is 23.1 Å². The van der Waals surface area contributed by atoms with Gasteiger partial charge in [-0.15, -0.1) is 0 Å². The van der Waals surface area contributed by atoms with Gasteiger partial charge in [0, 0.05) is 36.3 Å². The van der Waals surface area contributed by atoms with Gasteiger partial charge in [-0.2, -0.15) is 5.10 Å². The number of aromatic nitrogens is 4. The molecular formula is C27H28N6O2. The van der Waals surface area contributed by atoms with E-state index in [1.807, 2.05) is 39.9 Å². The van der Waals surface area contributed by atoms with Crippen LogP contribution in [0.25, 0.3) is 27.9 Å². The first-order chi connectivity index (χ1) is 16.8. The molecule has 2 bridgehead atoms. The molecule has 3 unspecified atom stereocenters. The SMILES string of the molecule is Cc1c(-c2cc3ccc(C(C)(C)O)nc3n2CC2CC2)nn2cc(C(=O)N3CC4[C@@H]5C3N45)ccc12. The van der Waals surface area contributed by atoms with Crippen molar-refractivity contribution in [3.8, 4) is 11.4 Å². The summed E-state index contributed by atoms with van der Waals surface area (Å²) in [7, 11) is 0. The highest BCUT2D eigenvalue weighted by molar-refractivity contribution is 5.96. The van der Waals surface area contributed by atoms with Gasteiger partial charge < -0.3 is 14.6 Å². The molecule has 35 heavy (non-hydrogen) atoms. The Morgan fingerprint density at radius 3 is 2.69 bits per heavy atom. The smallest absolute Gasteiger partial charge is 0.256 e. The second-order valence-corrected chi connectivity index (χ2v) is 11.3. The van der Waals surface area contributed by atoms with Crippen LogP contribution in [0.3, 0.4) is 0 Å². The van der Waals surface area contributed by atoms with E-state index in [0.29, 0.717) is 35.4 Å². The maximum atomic E-state index is 13.1. The summed E-state index contributed by atoms with van der Waals surface area (Å²) in [6.07, 6.45) is 4.69. The third kappa shape index (κ3) is 2.78. The summed E-state index contributed by atoms with van der Waals surface area (Å²) in [6.45, 7) is 7.39. The zero-order valence-corrected chi connectivity index (χ0v) is 20.1. The molecule has 178 valence electrons. The van der Waals surface area contributed by atoms with Gasteiger partial charge in [-0.25, -0.2) is 9.50 Å². The van der Waals surface area contributed by atoms with E-state index in [2.05, 4.69) is 22.5 Å². The fraction of sp³-hybridized carbons (Fsp3) is 0.444. The van der Waals surface area contributed by atoms with Gasteiger partial charge in [0.05, 0.1) is 28.5 Å². The van der Waals surface area contributed by atoms with Crippen LogP contribution in [0.2, 0.25) is 0 Å². The van der Waals surface area contributed by atoms with E-state index in [1.54, 1.807) is 13.8 Å². The molecule has 4 aromatic heterocycles. The van der Waals surface area contributed by atoms with Gasteiger partial charge in [0.2, 0.25) is 0 Å². The van der Waals surface area contributed by atoms with Crippen LogP contribution < -0.4 is 0 Å². The van der Waals surface area contributed by atoms with E-state index in [0.717, 1.165) is 46.6 Å². The van der Waals surface area contributed by atoms with Gasteiger partial charge in [0.25, 0.3) is 5.91 Å². The predicted octanol–water partition coefficient (Wildman–Crippen LogP) is 3.15. The zero-order valence-electron chi connectivity index (χ0n) is 20.1. The molecule has 5 fully saturated rings. The average molecular weight is 469 g/mol. The molecule has 0 radical (unpaired) electrons. The molecule has 8 heterocycles. The Balaban J connectivity index is 1.23. The number of fused-ring (bicyclic) bond motifs is 3. The van der Waals surface area contributed by atoms with Crippen molar-refractivity contribution >= 4 is 22.5 Å². The van der Waals surface area contributed by atoms with Gasteiger partial charge in [-0.05, 0) is 69.9 Å². The molecule has 1 amide bonds. The molecule has 4 atom stereocenters. The lowest BCUT2D eigenvalue weighted by Gasteiger charge is -2.17.